The van der Waals surface area contributed by atoms with Gasteiger partial charge in [-0.3, -0.25) is 4.79 Å². The van der Waals surface area contributed by atoms with E-state index in [2.05, 4.69) is 22.2 Å². The highest BCUT2D eigenvalue weighted by Crippen LogP contribution is 2.28. The summed E-state index contributed by atoms with van der Waals surface area (Å²) in [5.41, 5.74) is 0.293. The third kappa shape index (κ3) is 3.95. The maximum absolute atomic E-state index is 13.3. The number of carbonyl (C=O) groups is 1. The molecule has 2 N–H and O–H groups in total. The van der Waals surface area contributed by atoms with Gasteiger partial charge in [0.15, 0.2) is 0 Å². The lowest BCUT2D eigenvalue weighted by molar-refractivity contribution is 0.0958. The number of imidazole rings is 1. The van der Waals surface area contributed by atoms with Crippen LogP contribution in [0.5, 0.6) is 0 Å². The molecule has 3 rings (SSSR count). The highest BCUT2D eigenvalue weighted by molar-refractivity contribution is 7.89. The number of sulfonamides is 1. The molecule has 8 nitrogen and oxygen atoms in total. The Hall–Kier alpha value is -2.49. The minimum absolute atomic E-state index is 0.0925. The predicted octanol–water partition coefficient (Wildman–Crippen LogP) is 0.671. The third-order valence-electron chi connectivity index (χ3n) is 4.46. The van der Waals surface area contributed by atoms with Crippen LogP contribution in [0.2, 0.25) is 0 Å². The Morgan fingerprint density at radius 1 is 1.48 bits per heavy atom. The van der Waals surface area contributed by atoms with E-state index in [9.17, 15) is 13.2 Å². The van der Waals surface area contributed by atoms with Crippen molar-refractivity contribution in [3.63, 3.8) is 0 Å². The molecule has 1 aliphatic rings. The third-order valence-corrected chi connectivity index (χ3v) is 6.36. The molecule has 0 bridgehead atoms. The van der Waals surface area contributed by atoms with Gasteiger partial charge in [-0.05, 0) is 18.2 Å². The maximum Gasteiger partial charge on any atom is 0.251 e. The number of hydrogen-bond acceptors (Lipinski definition) is 5. The van der Waals surface area contributed by atoms with Gasteiger partial charge < -0.3 is 15.2 Å². The zero-order chi connectivity index (χ0) is 19.4. The number of nitrogens with zero attached hydrogens (tertiary/aromatic N) is 3. The monoisotopic (exact) mass is 389 g/mol. The summed E-state index contributed by atoms with van der Waals surface area (Å²) in [4.78, 5) is 16.6. The van der Waals surface area contributed by atoms with Crippen molar-refractivity contribution in [1.29, 1.82) is 0 Å². The van der Waals surface area contributed by atoms with Crippen LogP contribution in [0.25, 0.3) is 0 Å². The SMILES string of the molecule is C=CCNC(=O)c1cccc(S(=O)(=O)N2CCNCC2c2nccn2C)c1. The van der Waals surface area contributed by atoms with Gasteiger partial charge in [-0.2, -0.15) is 4.31 Å². The molecule has 9 heteroatoms. The molecule has 0 spiro atoms. The molecule has 2 aromatic rings. The second-order valence-electron chi connectivity index (χ2n) is 6.26. The first-order chi connectivity index (χ1) is 12.9. The highest BCUT2D eigenvalue weighted by atomic mass is 32.2. The number of benzene rings is 1. The Balaban J connectivity index is 1.94. The summed E-state index contributed by atoms with van der Waals surface area (Å²) in [6.07, 6.45) is 5.01. The zero-order valence-electron chi connectivity index (χ0n) is 15.1. The fourth-order valence-corrected chi connectivity index (χ4v) is 4.72. The fraction of sp³-hybridized carbons (Fsp3) is 0.333. The minimum Gasteiger partial charge on any atom is -0.349 e. The molecular formula is C18H23N5O3S. The summed E-state index contributed by atoms with van der Waals surface area (Å²) in [6.45, 7) is 5.22. The van der Waals surface area contributed by atoms with Gasteiger partial charge in [0.1, 0.15) is 5.82 Å². The van der Waals surface area contributed by atoms with E-state index in [-0.39, 0.29) is 10.8 Å². The van der Waals surface area contributed by atoms with Crippen molar-refractivity contribution >= 4 is 15.9 Å². The Kier molecular flexibility index (Phi) is 5.73. The number of rotatable bonds is 6. The lowest BCUT2D eigenvalue weighted by Gasteiger charge is -2.34. The molecule has 0 saturated carbocycles. The van der Waals surface area contributed by atoms with Crippen LogP contribution in [0.3, 0.4) is 0 Å². The van der Waals surface area contributed by atoms with Gasteiger partial charge in [0.2, 0.25) is 10.0 Å². The van der Waals surface area contributed by atoms with Gasteiger partial charge >= 0.3 is 0 Å². The van der Waals surface area contributed by atoms with Crippen LogP contribution < -0.4 is 10.6 Å². The predicted molar refractivity (Wildman–Crippen MR) is 102 cm³/mol. The van der Waals surface area contributed by atoms with Gasteiger partial charge in [0.05, 0.1) is 10.9 Å². The smallest absolute Gasteiger partial charge is 0.251 e. The number of aryl methyl sites for hydroxylation is 1. The molecule has 1 aromatic carbocycles. The van der Waals surface area contributed by atoms with Crippen molar-refractivity contribution in [3.8, 4) is 0 Å². The Bertz CT molecular complexity index is 938. The molecule has 1 atom stereocenters. The molecular weight excluding hydrogens is 366 g/mol. The largest absolute Gasteiger partial charge is 0.349 e. The Morgan fingerprint density at radius 2 is 2.30 bits per heavy atom. The molecule has 144 valence electrons. The Morgan fingerprint density at radius 3 is 3.00 bits per heavy atom. The van der Waals surface area contributed by atoms with Crippen LogP contribution in [0.4, 0.5) is 0 Å². The van der Waals surface area contributed by atoms with E-state index in [0.717, 1.165) is 0 Å². The van der Waals surface area contributed by atoms with E-state index in [4.69, 9.17) is 0 Å². The number of aromatic nitrogens is 2. The lowest BCUT2D eigenvalue weighted by atomic mass is 10.2. The van der Waals surface area contributed by atoms with Crippen molar-refractivity contribution in [2.45, 2.75) is 10.9 Å². The number of nitrogens with one attached hydrogen (secondary N) is 2. The van der Waals surface area contributed by atoms with E-state index < -0.39 is 16.1 Å². The molecule has 1 fully saturated rings. The number of piperazine rings is 1. The molecule has 1 amide bonds. The molecule has 1 aromatic heterocycles. The summed E-state index contributed by atoms with van der Waals surface area (Å²) in [5, 5.41) is 5.88. The molecule has 27 heavy (non-hydrogen) atoms. The molecule has 0 aliphatic carbocycles. The van der Waals surface area contributed by atoms with Crippen molar-refractivity contribution in [1.82, 2.24) is 24.5 Å². The first-order valence-corrected chi connectivity index (χ1v) is 10.1. The normalized spacial score (nSPS) is 18.2. The van der Waals surface area contributed by atoms with Crippen molar-refractivity contribution in [3.05, 3.63) is 60.7 Å². The van der Waals surface area contributed by atoms with Crippen molar-refractivity contribution in [2.75, 3.05) is 26.2 Å². The van der Waals surface area contributed by atoms with Crippen LogP contribution >= 0.6 is 0 Å². The highest BCUT2D eigenvalue weighted by Gasteiger charge is 2.36. The van der Waals surface area contributed by atoms with Gasteiger partial charge in [-0.1, -0.05) is 12.1 Å². The van der Waals surface area contributed by atoms with Gasteiger partial charge in [0, 0.05) is 51.2 Å². The van der Waals surface area contributed by atoms with Gasteiger partial charge in [-0.25, -0.2) is 13.4 Å². The average molecular weight is 389 g/mol. The summed E-state index contributed by atoms with van der Waals surface area (Å²) in [6, 6.07) is 5.67. The molecule has 2 heterocycles. The summed E-state index contributed by atoms with van der Waals surface area (Å²) in [5.74, 6) is 0.332. The summed E-state index contributed by atoms with van der Waals surface area (Å²) < 4.78 is 29.9. The van der Waals surface area contributed by atoms with E-state index >= 15 is 0 Å². The topological polar surface area (TPSA) is 96.3 Å². The van der Waals surface area contributed by atoms with Crippen LogP contribution in [-0.2, 0) is 17.1 Å². The quantitative estimate of drug-likeness (QED) is 0.708. The van der Waals surface area contributed by atoms with Crippen molar-refractivity contribution in [2.24, 2.45) is 7.05 Å². The minimum atomic E-state index is -3.79. The number of amides is 1. The molecule has 1 unspecified atom stereocenters. The first kappa shape index (κ1) is 19.3. The van der Waals surface area contributed by atoms with Gasteiger partial charge in [-0.15, -0.1) is 6.58 Å². The maximum atomic E-state index is 13.3. The van der Waals surface area contributed by atoms with E-state index in [1.54, 1.807) is 30.6 Å². The van der Waals surface area contributed by atoms with E-state index in [0.29, 0.717) is 37.6 Å². The van der Waals surface area contributed by atoms with Crippen LogP contribution in [0.1, 0.15) is 22.2 Å². The second-order valence-corrected chi connectivity index (χ2v) is 8.15. The van der Waals surface area contributed by atoms with Crippen LogP contribution in [0.15, 0.2) is 54.2 Å². The molecule has 1 saturated heterocycles. The van der Waals surface area contributed by atoms with Crippen molar-refractivity contribution < 1.29 is 13.2 Å². The average Bonchev–Trinajstić information content (AvgIpc) is 3.12. The zero-order valence-corrected chi connectivity index (χ0v) is 15.9. The fourth-order valence-electron chi connectivity index (χ4n) is 3.09. The van der Waals surface area contributed by atoms with E-state index in [1.165, 1.54) is 16.4 Å². The van der Waals surface area contributed by atoms with Crippen LogP contribution in [-0.4, -0.2) is 54.4 Å². The van der Waals surface area contributed by atoms with Gasteiger partial charge in [0.25, 0.3) is 5.91 Å². The molecule has 0 radical (unpaired) electrons. The van der Waals surface area contributed by atoms with E-state index in [1.807, 2.05) is 11.6 Å². The second kappa shape index (κ2) is 8.03. The molecule has 1 aliphatic heterocycles. The summed E-state index contributed by atoms with van der Waals surface area (Å²) >= 11 is 0. The van der Waals surface area contributed by atoms with Crippen LogP contribution in [0, 0.1) is 0 Å². The Labute approximate surface area is 158 Å². The first-order valence-electron chi connectivity index (χ1n) is 8.64. The standard InChI is InChI=1S/C18H23N5O3S/c1-3-7-21-18(24)14-5-4-6-15(12-14)27(25,26)23-11-8-19-13-16(23)17-20-9-10-22(17)2/h3-6,9-10,12,16,19H,1,7-8,11,13H2,2H3,(H,21,24). The number of hydrogen-bond donors (Lipinski definition) is 2. The lowest BCUT2D eigenvalue weighted by Crippen LogP contribution is -2.49. The summed E-state index contributed by atoms with van der Waals surface area (Å²) in [7, 11) is -1.95. The number of carbonyl (C=O) groups excluding carboxylic acids is 1.